The number of nitrogens with zero attached hydrogens (tertiary/aromatic N) is 2. The summed E-state index contributed by atoms with van der Waals surface area (Å²) in [4.78, 5) is 0. The molecule has 0 aromatic carbocycles. The van der Waals surface area contributed by atoms with Crippen molar-refractivity contribution in [3.05, 3.63) is 18.0 Å². The Bertz CT molecular complexity index is 374. The van der Waals surface area contributed by atoms with Gasteiger partial charge in [-0.2, -0.15) is 10.2 Å². The van der Waals surface area contributed by atoms with Gasteiger partial charge in [-0.15, -0.1) is 0 Å². The lowest BCUT2D eigenvalue weighted by Crippen LogP contribution is -2.10. The van der Waals surface area contributed by atoms with E-state index in [2.05, 4.69) is 14.9 Å². The molecule has 0 amide bonds. The summed E-state index contributed by atoms with van der Waals surface area (Å²) in [7, 11) is -3.22. The predicted molar refractivity (Wildman–Crippen MR) is 45.2 cm³/mol. The summed E-state index contributed by atoms with van der Waals surface area (Å²) in [6, 6.07) is 0. The largest absolute Gasteiger partial charge is 0.282 e. The molecule has 0 saturated heterocycles. The fourth-order valence-electron chi connectivity index (χ4n) is 0.689. The zero-order valence-corrected chi connectivity index (χ0v) is 7.59. The van der Waals surface area contributed by atoms with Crippen molar-refractivity contribution in [2.24, 2.45) is 0 Å². The summed E-state index contributed by atoms with van der Waals surface area (Å²) in [6.45, 7) is 1.75. The van der Waals surface area contributed by atoms with Gasteiger partial charge in [0.05, 0.1) is 24.3 Å². The van der Waals surface area contributed by atoms with E-state index in [-0.39, 0.29) is 0 Å². The van der Waals surface area contributed by atoms with Crippen molar-refractivity contribution in [3.63, 3.8) is 0 Å². The maximum Gasteiger partial charge on any atom is 0.229 e. The minimum atomic E-state index is -3.22. The first kappa shape index (κ1) is 8.92. The summed E-state index contributed by atoms with van der Waals surface area (Å²) in [5, 5.41) is 7.14. The van der Waals surface area contributed by atoms with Crippen LogP contribution in [0, 0.1) is 6.92 Å². The zero-order valence-electron chi connectivity index (χ0n) is 6.77. The molecule has 0 radical (unpaired) electrons. The zero-order chi connectivity index (χ0) is 9.19. The molecule has 0 spiro atoms. The molecule has 1 rings (SSSR count). The highest BCUT2D eigenvalue weighted by molar-refractivity contribution is 7.92. The van der Waals surface area contributed by atoms with Crippen LogP contribution in [0.15, 0.2) is 12.4 Å². The molecule has 1 N–H and O–H groups in total. The summed E-state index contributed by atoms with van der Waals surface area (Å²) >= 11 is 0. The number of rotatable bonds is 2. The van der Waals surface area contributed by atoms with Crippen molar-refractivity contribution in [1.29, 1.82) is 0 Å². The Morgan fingerprint density at radius 3 is 2.42 bits per heavy atom. The number of aryl methyl sites for hydroxylation is 1. The van der Waals surface area contributed by atoms with Crippen molar-refractivity contribution < 1.29 is 8.42 Å². The van der Waals surface area contributed by atoms with Crippen LogP contribution in [0.5, 0.6) is 0 Å². The highest BCUT2D eigenvalue weighted by Crippen LogP contribution is 2.10. The van der Waals surface area contributed by atoms with Gasteiger partial charge in [-0.05, 0) is 12.5 Å². The van der Waals surface area contributed by atoms with Crippen LogP contribution in [0.2, 0.25) is 0 Å². The first-order chi connectivity index (χ1) is 5.49. The van der Waals surface area contributed by atoms with E-state index in [4.69, 9.17) is 0 Å². The van der Waals surface area contributed by atoms with E-state index in [9.17, 15) is 8.42 Å². The molecular formula is C6H9N3O2S. The van der Waals surface area contributed by atoms with Crippen molar-refractivity contribution in [2.75, 3.05) is 11.0 Å². The van der Waals surface area contributed by atoms with Gasteiger partial charge in [0.25, 0.3) is 0 Å². The molecule has 0 saturated carbocycles. The highest BCUT2D eigenvalue weighted by atomic mass is 32.2. The molecule has 12 heavy (non-hydrogen) atoms. The summed E-state index contributed by atoms with van der Waals surface area (Å²) in [6.07, 6.45) is 3.96. The molecule has 5 nitrogen and oxygen atoms in total. The Morgan fingerprint density at radius 2 is 1.92 bits per heavy atom. The van der Waals surface area contributed by atoms with Gasteiger partial charge in [0.2, 0.25) is 10.0 Å². The molecule has 1 heterocycles. The van der Waals surface area contributed by atoms with Crippen LogP contribution in [-0.4, -0.2) is 24.9 Å². The molecule has 66 valence electrons. The summed E-state index contributed by atoms with van der Waals surface area (Å²) in [5.41, 5.74) is 1.21. The number of hydrogen-bond donors (Lipinski definition) is 1. The number of anilines is 1. The Morgan fingerprint density at radius 1 is 1.33 bits per heavy atom. The van der Waals surface area contributed by atoms with E-state index in [0.717, 1.165) is 11.8 Å². The van der Waals surface area contributed by atoms with Gasteiger partial charge in [-0.1, -0.05) is 0 Å². The van der Waals surface area contributed by atoms with E-state index in [1.165, 1.54) is 12.4 Å². The molecule has 0 aliphatic carbocycles. The molecule has 0 unspecified atom stereocenters. The highest BCUT2D eigenvalue weighted by Gasteiger charge is 2.03. The van der Waals surface area contributed by atoms with Gasteiger partial charge in [-0.3, -0.25) is 4.72 Å². The van der Waals surface area contributed by atoms with Crippen molar-refractivity contribution in [1.82, 2.24) is 10.2 Å². The molecule has 0 fully saturated rings. The Labute approximate surface area is 70.9 Å². The van der Waals surface area contributed by atoms with Crippen LogP contribution in [0.4, 0.5) is 5.69 Å². The SMILES string of the molecule is Cc1cnncc1NS(C)(=O)=O. The normalized spacial score (nSPS) is 11.2. The minimum absolute atomic E-state index is 0.465. The molecule has 6 heteroatoms. The molecular weight excluding hydrogens is 178 g/mol. The topological polar surface area (TPSA) is 72.0 Å². The number of hydrogen-bond acceptors (Lipinski definition) is 4. The van der Waals surface area contributed by atoms with E-state index in [1.54, 1.807) is 6.92 Å². The fourth-order valence-corrected chi connectivity index (χ4v) is 1.30. The summed E-state index contributed by atoms with van der Waals surface area (Å²) < 4.78 is 23.9. The van der Waals surface area contributed by atoms with Crippen LogP contribution < -0.4 is 4.72 Å². The second kappa shape index (κ2) is 3.06. The fraction of sp³-hybridized carbons (Fsp3) is 0.333. The lowest BCUT2D eigenvalue weighted by Gasteiger charge is -2.04. The third-order valence-corrected chi connectivity index (χ3v) is 1.82. The quantitative estimate of drug-likeness (QED) is 0.715. The maximum atomic E-state index is 10.8. The van der Waals surface area contributed by atoms with Gasteiger partial charge in [0.15, 0.2) is 0 Å². The second-order valence-corrected chi connectivity index (χ2v) is 4.21. The third kappa shape index (κ3) is 2.46. The lowest BCUT2D eigenvalue weighted by atomic mass is 10.3. The van der Waals surface area contributed by atoms with Gasteiger partial charge in [0, 0.05) is 0 Å². The van der Waals surface area contributed by atoms with Crippen LogP contribution in [0.1, 0.15) is 5.56 Å². The van der Waals surface area contributed by atoms with E-state index < -0.39 is 10.0 Å². The van der Waals surface area contributed by atoms with Crippen LogP contribution in [0.25, 0.3) is 0 Å². The third-order valence-electron chi connectivity index (χ3n) is 1.23. The molecule has 0 aliphatic rings. The monoisotopic (exact) mass is 187 g/mol. The van der Waals surface area contributed by atoms with E-state index >= 15 is 0 Å². The number of aromatic nitrogens is 2. The first-order valence-electron chi connectivity index (χ1n) is 3.24. The number of sulfonamides is 1. The van der Waals surface area contributed by atoms with Crippen molar-refractivity contribution in [3.8, 4) is 0 Å². The Balaban J connectivity index is 2.98. The van der Waals surface area contributed by atoms with Gasteiger partial charge < -0.3 is 0 Å². The maximum absolute atomic E-state index is 10.8. The van der Waals surface area contributed by atoms with Gasteiger partial charge in [0.1, 0.15) is 0 Å². The average Bonchev–Trinajstić information content (AvgIpc) is 1.91. The van der Waals surface area contributed by atoms with Gasteiger partial charge in [-0.25, -0.2) is 8.42 Å². The smallest absolute Gasteiger partial charge is 0.229 e. The van der Waals surface area contributed by atoms with Gasteiger partial charge >= 0.3 is 0 Å². The Kier molecular flexibility index (Phi) is 2.27. The van der Waals surface area contributed by atoms with Crippen molar-refractivity contribution in [2.45, 2.75) is 6.92 Å². The molecule has 0 bridgehead atoms. The first-order valence-corrected chi connectivity index (χ1v) is 5.13. The molecule has 1 aromatic rings. The lowest BCUT2D eigenvalue weighted by molar-refractivity contribution is 0.606. The standard InChI is InChI=1S/C6H9N3O2S/c1-5-3-7-8-4-6(5)9-12(2,10)11/h3-4H,1-2H3,(H,7,9). The van der Waals surface area contributed by atoms with Crippen molar-refractivity contribution >= 4 is 15.7 Å². The Hall–Kier alpha value is -1.17. The van der Waals surface area contributed by atoms with E-state index in [1.807, 2.05) is 0 Å². The summed E-state index contributed by atoms with van der Waals surface area (Å²) in [5.74, 6) is 0. The second-order valence-electron chi connectivity index (χ2n) is 2.46. The molecule has 0 atom stereocenters. The molecule has 1 aromatic heterocycles. The predicted octanol–water partition coefficient (Wildman–Crippen LogP) is 0.157. The van der Waals surface area contributed by atoms with E-state index in [0.29, 0.717) is 5.69 Å². The average molecular weight is 187 g/mol. The van der Waals surface area contributed by atoms with Crippen LogP contribution >= 0.6 is 0 Å². The van der Waals surface area contributed by atoms with Crippen LogP contribution in [0.3, 0.4) is 0 Å². The number of nitrogens with one attached hydrogen (secondary N) is 1. The van der Waals surface area contributed by atoms with Crippen LogP contribution in [-0.2, 0) is 10.0 Å². The minimum Gasteiger partial charge on any atom is -0.282 e. The molecule has 0 aliphatic heterocycles.